The van der Waals surface area contributed by atoms with Crippen LogP contribution in [0.3, 0.4) is 0 Å². The summed E-state index contributed by atoms with van der Waals surface area (Å²) in [7, 11) is 0. The predicted octanol–water partition coefficient (Wildman–Crippen LogP) is 2.56. The number of hydrogen-bond donors (Lipinski definition) is 2. The van der Waals surface area contributed by atoms with Gasteiger partial charge in [-0.25, -0.2) is 9.97 Å². The Morgan fingerprint density at radius 2 is 1.95 bits per heavy atom. The third kappa shape index (κ3) is 4.06. The Labute approximate surface area is 128 Å². The van der Waals surface area contributed by atoms with Crippen molar-refractivity contribution in [1.82, 2.24) is 14.9 Å². The number of nitrogen functional groups attached to an aromatic ring is 1. The van der Waals surface area contributed by atoms with Gasteiger partial charge in [-0.1, -0.05) is 27.7 Å². The Kier molecular flexibility index (Phi) is 4.71. The molecule has 1 fully saturated rings. The van der Waals surface area contributed by atoms with Crippen LogP contribution in [-0.4, -0.2) is 40.5 Å². The van der Waals surface area contributed by atoms with Crippen LogP contribution in [0.1, 0.15) is 51.9 Å². The van der Waals surface area contributed by atoms with Gasteiger partial charge in [0.25, 0.3) is 0 Å². The molecule has 0 saturated heterocycles. The maximum absolute atomic E-state index is 6.03. The first-order chi connectivity index (χ1) is 9.82. The number of anilines is 2. The SMILES string of the molecule is CCN(CCNc1nc(C(C)(C)C)nc(N)c1C)C1CC1. The lowest BCUT2D eigenvalue weighted by atomic mass is 9.95. The Hall–Kier alpha value is -1.36. The number of rotatable bonds is 6. The molecule has 0 unspecified atom stereocenters. The first kappa shape index (κ1) is 16.0. The monoisotopic (exact) mass is 291 g/mol. The van der Waals surface area contributed by atoms with E-state index in [2.05, 4.69) is 47.9 Å². The van der Waals surface area contributed by atoms with Gasteiger partial charge in [-0.3, -0.25) is 4.90 Å². The van der Waals surface area contributed by atoms with Crippen LogP contribution in [0.15, 0.2) is 0 Å². The third-order valence-electron chi connectivity index (χ3n) is 4.02. The zero-order chi connectivity index (χ0) is 15.6. The molecule has 21 heavy (non-hydrogen) atoms. The number of likely N-dealkylation sites (N-methyl/N-ethyl adjacent to an activating group) is 1. The average molecular weight is 291 g/mol. The second-order valence-corrected chi connectivity index (χ2v) is 6.94. The summed E-state index contributed by atoms with van der Waals surface area (Å²) in [6.45, 7) is 13.6. The van der Waals surface area contributed by atoms with Crippen molar-refractivity contribution in [2.75, 3.05) is 30.7 Å². The summed E-state index contributed by atoms with van der Waals surface area (Å²) in [5.41, 5.74) is 6.88. The molecule has 0 amide bonds. The van der Waals surface area contributed by atoms with Gasteiger partial charge in [0.05, 0.1) is 0 Å². The lowest BCUT2D eigenvalue weighted by molar-refractivity contribution is 0.289. The largest absolute Gasteiger partial charge is 0.383 e. The Bertz CT molecular complexity index is 488. The van der Waals surface area contributed by atoms with E-state index >= 15 is 0 Å². The zero-order valence-corrected chi connectivity index (χ0v) is 14.0. The van der Waals surface area contributed by atoms with Crippen LogP contribution in [0, 0.1) is 6.92 Å². The highest BCUT2D eigenvalue weighted by molar-refractivity contribution is 5.55. The van der Waals surface area contributed by atoms with Crippen LogP contribution in [0.5, 0.6) is 0 Å². The average Bonchev–Trinajstić information content (AvgIpc) is 3.22. The summed E-state index contributed by atoms with van der Waals surface area (Å²) < 4.78 is 0. The molecule has 1 aliphatic carbocycles. The molecule has 1 saturated carbocycles. The van der Waals surface area contributed by atoms with Crippen LogP contribution in [0.4, 0.5) is 11.6 Å². The highest BCUT2D eigenvalue weighted by atomic mass is 15.2. The molecule has 1 aliphatic rings. The van der Waals surface area contributed by atoms with Gasteiger partial charge < -0.3 is 11.1 Å². The molecule has 0 aliphatic heterocycles. The molecule has 118 valence electrons. The maximum atomic E-state index is 6.03. The molecule has 0 atom stereocenters. The number of hydrogen-bond acceptors (Lipinski definition) is 5. The van der Waals surface area contributed by atoms with E-state index in [1.54, 1.807) is 0 Å². The summed E-state index contributed by atoms with van der Waals surface area (Å²) in [6.07, 6.45) is 2.70. The molecule has 3 N–H and O–H groups in total. The van der Waals surface area contributed by atoms with Crippen molar-refractivity contribution >= 4 is 11.6 Å². The quantitative estimate of drug-likeness (QED) is 0.843. The van der Waals surface area contributed by atoms with Gasteiger partial charge >= 0.3 is 0 Å². The van der Waals surface area contributed by atoms with E-state index in [-0.39, 0.29) is 5.41 Å². The molecule has 0 radical (unpaired) electrons. The van der Waals surface area contributed by atoms with E-state index in [1.807, 2.05) is 6.92 Å². The van der Waals surface area contributed by atoms with Gasteiger partial charge in [-0.2, -0.15) is 0 Å². The van der Waals surface area contributed by atoms with Crippen LogP contribution in [0.25, 0.3) is 0 Å². The number of nitrogens with one attached hydrogen (secondary N) is 1. The summed E-state index contributed by atoms with van der Waals surface area (Å²) in [6, 6.07) is 0.804. The van der Waals surface area contributed by atoms with Gasteiger partial charge in [-0.05, 0) is 26.3 Å². The summed E-state index contributed by atoms with van der Waals surface area (Å²) in [4.78, 5) is 11.6. The number of aromatic nitrogens is 2. The fourth-order valence-electron chi connectivity index (χ4n) is 2.40. The minimum atomic E-state index is -0.0955. The van der Waals surface area contributed by atoms with Gasteiger partial charge in [0.15, 0.2) is 0 Å². The highest BCUT2D eigenvalue weighted by Gasteiger charge is 2.27. The normalized spacial score (nSPS) is 15.5. The van der Waals surface area contributed by atoms with Crippen LogP contribution < -0.4 is 11.1 Å². The van der Waals surface area contributed by atoms with Crippen molar-refractivity contribution in [2.24, 2.45) is 0 Å². The van der Waals surface area contributed by atoms with Gasteiger partial charge in [0.2, 0.25) is 0 Å². The third-order valence-corrected chi connectivity index (χ3v) is 4.02. The minimum absolute atomic E-state index is 0.0955. The molecular formula is C16H29N5. The van der Waals surface area contributed by atoms with E-state index in [1.165, 1.54) is 12.8 Å². The smallest absolute Gasteiger partial charge is 0.138 e. The van der Waals surface area contributed by atoms with Crippen molar-refractivity contribution < 1.29 is 0 Å². The Morgan fingerprint density at radius 3 is 2.48 bits per heavy atom. The summed E-state index contributed by atoms with van der Waals surface area (Å²) in [5.74, 6) is 2.24. The van der Waals surface area contributed by atoms with E-state index in [0.29, 0.717) is 5.82 Å². The van der Waals surface area contributed by atoms with E-state index in [0.717, 1.165) is 42.9 Å². The fourth-order valence-corrected chi connectivity index (χ4v) is 2.40. The van der Waals surface area contributed by atoms with E-state index in [4.69, 9.17) is 5.73 Å². The predicted molar refractivity (Wildman–Crippen MR) is 88.6 cm³/mol. The van der Waals surface area contributed by atoms with Crippen LogP contribution in [-0.2, 0) is 5.41 Å². The molecule has 5 heteroatoms. The van der Waals surface area contributed by atoms with Crippen LogP contribution in [0.2, 0.25) is 0 Å². The summed E-state index contributed by atoms with van der Waals surface area (Å²) >= 11 is 0. The molecule has 0 aromatic carbocycles. The van der Waals surface area contributed by atoms with E-state index < -0.39 is 0 Å². The lowest BCUT2D eigenvalue weighted by Crippen LogP contribution is -2.31. The Balaban J connectivity index is 2.03. The zero-order valence-electron chi connectivity index (χ0n) is 14.0. The molecular weight excluding hydrogens is 262 g/mol. The van der Waals surface area contributed by atoms with Crippen molar-refractivity contribution in [2.45, 2.75) is 58.9 Å². The van der Waals surface area contributed by atoms with Gasteiger partial charge in [0.1, 0.15) is 17.5 Å². The molecule has 2 rings (SSSR count). The second kappa shape index (κ2) is 6.18. The first-order valence-electron chi connectivity index (χ1n) is 7.95. The minimum Gasteiger partial charge on any atom is -0.383 e. The molecule has 0 bridgehead atoms. The molecule has 1 heterocycles. The first-order valence-corrected chi connectivity index (χ1v) is 7.95. The summed E-state index contributed by atoms with van der Waals surface area (Å²) in [5, 5.41) is 3.44. The second-order valence-electron chi connectivity index (χ2n) is 6.94. The number of nitrogens with two attached hydrogens (primary N) is 1. The van der Waals surface area contributed by atoms with Crippen LogP contribution >= 0.6 is 0 Å². The molecule has 1 aromatic rings. The van der Waals surface area contributed by atoms with Gasteiger partial charge in [-0.15, -0.1) is 0 Å². The van der Waals surface area contributed by atoms with Crippen molar-refractivity contribution in [3.05, 3.63) is 11.4 Å². The topological polar surface area (TPSA) is 67.1 Å². The van der Waals surface area contributed by atoms with Crippen molar-refractivity contribution in [1.29, 1.82) is 0 Å². The maximum Gasteiger partial charge on any atom is 0.138 e. The Morgan fingerprint density at radius 1 is 1.29 bits per heavy atom. The number of nitrogens with zero attached hydrogens (tertiary/aromatic N) is 3. The molecule has 0 spiro atoms. The standard InChI is InChI=1S/C16H29N5/c1-6-21(12-7-8-12)10-9-18-14-11(2)13(17)19-15(20-14)16(3,4)5/h12H,6-10H2,1-5H3,(H3,17,18,19,20). The van der Waals surface area contributed by atoms with E-state index in [9.17, 15) is 0 Å². The van der Waals surface area contributed by atoms with Crippen molar-refractivity contribution in [3.8, 4) is 0 Å². The molecule has 1 aromatic heterocycles. The fraction of sp³-hybridized carbons (Fsp3) is 0.750. The lowest BCUT2D eigenvalue weighted by Gasteiger charge is -2.22. The van der Waals surface area contributed by atoms with Crippen molar-refractivity contribution in [3.63, 3.8) is 0 Å². The highest BCUT2D eigenvalue weighted by Crippen LogP contribution is 2.27. The van der Waals surface area contributed by atoms with Gasteiger partial charge in [0, 0.05) is 30.1 Å². The molecule has 5 nitrogen and oxygen atoms in total.